The van der Waals surface area contributed by atoms with Crippen LogP contribution in [0.15, 0.2) is 33.3 Å². The molecule has 1 aromatic heterocycles. The first-order valence-electron chi connectivity index (χ1n) is 5.06. The number of para-hydroxylation sites is 1. The van der Waals surface area contributed by atoms with Crippen LogP contribution in [0.2, 0.25) is 0 Å². The van der Waals surface area contributed by atoms with Gasteiger partial charge in [0.05, 0.1) is 11.9 Å². The van der Waals surface area contributed by atoms with Gasteiger partial charge in [0.1, 0.15) is 17.5 Å². The molecule has 1 aromatic carbocycles. The van der Waals surface area contributed by atoms with Gasteiger partial charge in [0.25, 0.3) is 0 Å². The van der Waals surface area contributed by atoms with Gasteiger partial charge in [-0.25, -0.2) is 9.97 Å². The van der Waals surface area contributed by atoms with Crippen molar-refractivity contribution in [3.05, 3.63) is 44.7 Å². The molecule has 0 saturated heterocycles. The number of aromatic nitrogens is 2. The van der Waals surface area contributed by atoms with Gasteiger partial charge in [0.15, 0.2) is 5.82 Å². The molecule has 0 aliphatic rings. The molecule has 0 amide bonds. The highest BCUT2D eigenvalue weighted by atomic mass is 79.9. The molecule has 18 heavy (non-hydrogen) atoms. The lowest BCUT2D eigenvalue weighted by Crippen LogP contribution is -2.01. The second-order valence-electron chi connectivity index (χ2n) is 3.51. The van der Waals surface area contributed by atoms with Crippen molar-refractivity contribution in [2.24, 2.45) is 0 Å². The fraction of sp³-hybridized carbons (Fsp3) is 0.0833. The van der Waals surface area contributed by atoms with Crippen LogP contribution in [-0.2, 0) is 0 Å². The van der Waals surface area contributed by atoms with Gasteiger partial charge in [-0.05, 0) is 50.9 Å². The van der Waals surface area contributed by atoms with Crippen LogP contribution in [0.25, 0.3) is 0 Å². The van der Waals surface area contributed by atoms with E-state index in [0.717, 1.165) is 14.6 Å². The molecule has 4 nitrogen and oxygen atoms in total. The lowest BCUT2D eigenvalue weighted by atomic mass is 10.3. The Morgan fingerprint density at radius 3 is 2.56 bits per heavy atom. The summed E-state index contributed by atoms with van der Waals surface area (Å²) in [5, 5.41) is 12.2. The largest absolute Gasteiger partial charge is 0.337 e. The van der Waals surface area contributed by atoms with Crippen LogP contribution in [-0.4, -0.2) is 9.97 Å². The van der Waals surface area contributed by atoms with Gasteiger partial charge in [0.2, 0.25) is 0 Å². The van der Waals surface area contributed by atoms with Gasteiger partial charge in [-0.2, -0.15) is 5.26 Å². The van der Waals surface area contributed by atoms with E-state index in [1.54, 1.807) is 6.92 Å². The van der Waals surface area contributed by atoms with Gasteiger partial charge in [-0.3, -0.25) is 0 Å². The molecule has 1 heterocycles. The van der Waals surface area contributed by atoms with Crippen LogP contribution in [0.4, 0.5) is 11.5 Å². The van der Waals surface area contributed by atoms with Crippen LogP contribution in [0.3, 0.4) is 0 Å². The van der Waals surface area contributed by atoms with Gasteiger partial charge in [0, 0.05) is 8.95 Å². The number of hydrogen-bond donors (Lipinski definition) is 1. The predicted octanol–water partition coefficient (Wildman–Crippen LogP) is 3.93. The van der Waals surface area contributed by atoms with E-state index >= 15 is 0 Å². The first-order valence-corrected chi connectivity index (χ1v) is 6.65. The maximum atomic E-state index is 9.03. The second-order valence-corrected chi connectivity index (χ2v) is 5.22. The van der Waals surface area contributed by atoms with Crippen molar-refractivity contribution in [3.63, 3.8) is 0 Å². The maximum absolute atomic E-state index is 9.03. The molecule has 0 spiro atoms. The summed E-state index contributed by atoms with van der Waals surface area (Å²) in [5.74, 6) is 1.11. The van der Waals surface area contributed by atoms with Gasteiger partial charge < -0.3 is 5.32 Å². The van der Waals surface area contributed by atoms with Crippen LogP contribution in [0.1, 0.15) is 11.4 Å². The van der Waals surface area contributed by atoms with E-state index in [0.29, 0.717) is 17.2 Å². The lowest BCUT2D eigenvalue weighted by molar-refractivity contribution is 1.05. The molecule has 0 unspecified atom stereocenters. The topological polar surface area (TPSA) is 61.6 Å². The molecule has 0 aliphatic carbocycles. The summed E-state index contributed by atoms with van der Waals surface area (Å²) in [6.45, 7) is 1.78. The molecule has 0 atom stereocenters. The van der Waals surface area contributed by atoms with E-state index < -0.39 is 0 Å². The molecule has 0 aliphatic heterocycles. The standard InChI is InChI=1S/C12H8Br2N4/c1-7-16-6-8(5-15)12(17-7)18-11-9(13)3-2-4-10(11)14/h2-4,6H,1H3,(H,16,17,18). The van der Waals surface area contributed by atoms with Crippen molar-refractivity contribution in [1.82, 2.24) is 9.97 Å². The summed E-state index contributed by atoms with van der Waals surface area (Å²) in [4.78, 5) is 8.24. The maximum Gasteiger partial charge on any atom is 0.152 e. The summed E-state index contributed by atoms with van der Waals surface area (Å²) in [6, 6.07) is 7.80. The average molecular weight is 368 g/mol. The Labute approximate surface area is 121 Å². The van der Waals surface area contributed by atoms with Crippen LogP contribution in [0, 0.1) is 18.3 Å². The van der Waals surface area contributed by atoms with Gasteiger partial charge in [-0.1, -0.05) is 6.07 Å². The van der Waals surface area contributed by atoms with Crippen molar-refractivity contribution in [2.45, 2.75) is 6.92 Å². The van der Waals surface area contributed by atoms with E-state index in [2.05, 4.69) is 53.2 Å². The van der Waals surface area contributed by atoms with E-state index in [4.69, 9.17) is 5.26 Å². The number of nitrogens with one attached hydrogen (secondary N) is 1. The first kappa shape index (κ1) is 13.0. The normalized spacial score (nSPS) is 9.89. The highest BCUT2D eigenvalue weighted by molar-refractivity contribution is 9.11. The third kappa shape index (κ3) is 2.68. The number of rotatable bonds is 2. The monoisotopic (exact) mass is 366 g/mol. The third-order valence-corrected chi connectivity index (χ3v) is 3.56. The molecular formula is C12H8Br2N4. The van der Waals surface area contributed by atoms with Crippen molar-refractivity contribution in [1.29, 1.82) is 5.26 Å². The minimum atomic E-state index is 0.406. The smallest absolute Gasteiger partial charge is 0.152 e. The molecule has 0 bridgehead atoms. The van der Waals surface area contributed by atoms with Crippen molar-refractivity contribution in [2.75, 3.05) is 5.32 Å². The average Bonchev–Trinajstić information content (AvgIpc) is 2.34. The zero-order chi connectivity index (χ0) is 13.1. The predicted molar refractivity (Wildman–Crippen MR) is 76.6 cm³/mol. The fourth-order valence-electron chi connectivity index (χ4n) is 1.38. The zero-order valence-electron chi connectivity index (χ0n) is 9.41. The number of halogens is 2. The first-order chi connectivity index (χ1) is 8.61. The molecule has 2 rings (SSSR count). The molecule has 0 saturated carbocycles. The number of nitrogens with zero attached hydrogens (tertiary/aromatic N) is 3. The number of benzene rings is 1. The number of hydrogen-bond acceptors (Lipinski definition) is 4. The fourth-order valence-corrected chi connectivity index (χ4v) is 2.58. The van der Waals surface area contributed by atoms with Gasteiger partial charge >= 0.3 is 0 Å². The Kier molecular flexibility index (Phi) is 3.94. The molecular weight excluding hydrogens is 360 g/mol. The second kappa shape index (κ2) is 5.46. The number of anilines is 2. The van der Waals surface area contributed by atoms with E-state index in [1.165, 1.54) is 6.20 Å². The molecule has 0 radical (unpaired) electrons. The Bertz CT molecular complexity index is 614. The van der Waals surface area contributed by atoms with Crippen molar-refractivity contribution < 1.29 is 0 Å². The Morgan fingerprint density at radius 1 is 1.28 bits per heavy atom. The molecule has 0 fully saturated rings. The Hall–Kier alpha value is -1.45. The van der Waals surface area contributed by atoms with E-state index in [-0.39, 0.29) is 0 Å². The van der Waals surface area contributed by atoms with Crippen LogP contribution < -0.4 is 5.32 Å². The van der Waals surface area contributed by atoms with Crippen LogP contribution in [0.5, 0.6) is 0 Å². The summed E-state index contributed by atoms with van der Waals surface area (Å²) in [7, 11) is 0. The zero-order valence-corrected chi connectivity index (χ0v) is 12.6. The minimum Gasteiger partial charge on any atom is -0.337 e. The summed E-state index contributed by atoms with van der Waals surface area (Å²) >= 11 is 6.90. The Balaban J connectivity index is 2.46. The minimum absolute atomic E-state index is 0.406. The summed E-state index contributed by atoms with van der Waals surface area (Å²) < 4.78 is 1.77. The molecule has 6 heteroatoms. The molecule has 1 N–H and O–H groups in total. The molecule has 2 aromatic rings. The highest BCUT2D eigenvalue weighted by Gasteiger charge is 2.10. The van der Waals surface area contributed by atoms with Crippen molar-refractivity contribution in [3.8, 4) is 6.07 Å². The van der Waals surface area contributed by atoms with Gasteiger partial charge in [-0.15, -0.1) is 0 Å². The quantitative estimate of drug-likeness (QED) is 0.873. The highest BCUT2D eigenvalue weighted by Crippen LogP contribution is 2.33. The number of nitriles is 1. The van der Waals surface area contributed by atoms with E-state index in [9.17, 15) is 0 Å². The Morgan fingerprint density at radius 2 is 1.94 bits per heavy atom. The van der Waals surface area contributed by atoms with Crippen LogP contribution >= 0.6 is 31.9 Å². The molecule has 90 valence electrons. The third-order valence-electron chi connectivity index (χ3n) is 2.24. The summed E-state index contributed by atoms with van der Waals surface area (Å²) in [6.07, 6.45) is 1.51. The lowest BCUT2D eigenvalue weighted by Gasteiger charge is -2.11. The number of aryl methyl sites for hydroxylation is 1. The van der Waals surface area contributed by atoms with E-state index in [1.807, 2.05) is 18.2 Å². The summed E-state index contributed by atoms with van der Waals surface area (Å²) in [5.41, 5.74) is 1.23. The SMILES string of the molecule is Cc1ncc(C#N)c(Nc2c(Br)cccc2Br)n1. The van der Waals surface area contributed by atoms with Crippen molar-refractivity contribution >= 4 is 43.4 Å².